The molecular weight excluding hydrogens is 249 g/mol. The summed E-state index contributed by atoms with van der Waals surface area (Å²) in [5.74, 6) is -1.77. The summed E-state index contributed by atoms with van der Waals surface area (Å²) in [5.41, 5.74) is -0.479. The number of carboxylic acid groups (broad SMARTS) is 1. The van der Waals surface area contributed by atoms with Crippen molar-refractivity contribution in [2.24, 2.45) is 5.41 Å². The third-order valence-corrected chi connectivity index (χ3v) is 2.91. The van der Waals surface area contributed by atoms with Gasteiger partial charge >= 0.3 is 5.97 Å². The van der Waals surface area contributed by atoms with Gasteiger partial charge in [0.2, 0.25) is 5.91 Å². The molecule has 1 amide bonds. The molecule has 0 fully saturated rings. The fourth-order valence-electron chi connectivity index (χ4n) is 1.63. The van der Waals surface area contributed by atoms with Gasteiger partial charge in [-0.05, 0) is 38.5 Å². The Kier molecular flexibility index (Phi) is 4.64. The zero-order valence-electron chi connectivity index (χ0n) is 11.2. The molecular formula is C14H18FNO3. The van der Waals surface area contributed by atoms with Gasteiger partial charge < -0.3 is 10.4 Å². The minimum absolute atomic E-state index is 0.123. The summed E-state index contributed by atoms with van der Waals surface area (Å²) in [6.07, 6.45) is -0.123. The highest BCUT2D eigenvalue weighted by Gasteiger charge is 2.30. The molecule has 0 aliphatic rings. The summed E-state index contributed by atoms with van der Waals surface area (Å²) >= 11 is 0. The Labute approximate surface area is 111 Å². The van der Waals surface area contributed by atoms with Crippen LogP contribution in [0.15, 0.2) is 24.3 Å². The first kappa shape index (κ1) is 15.1. The van der Waals surface area contributed by atoms with Gasteiger partial charge in [0.25, 0.3) is 0 Å². The van der Waals surface area contributed by atoms with Crippen molar-refractivity contribution < 1.29 is 19.1 Å². The van der Waals surface area contributed by atoms with Gasteiger partial charge in [0, 0.05) is 6.42 Å². The van der Waals surface area contributed by atoms with Crippen LogP contribution in [0.5, 0.6) is 0 Å². The van der Waals surface area contributed by atoms with Crippen LogP contribution in [0.1, 0.15) is 38.8 Å². The average molecular weight is 267 g/mol. The monoisotopic (exact) mass is 267 g/mol. The number of halogens is 1. The van der Waals surface area contributed by atoms with Crippen molar-refractivity contribution in [3.63, 3.8) is 0 Å². The van der Waals surface area contributed by atoms with E-state index in [0.717, 1.165) is 0 Å². The fourth-order valence-corrected chi connectivity index (χ4v) is 1.63. The number of rotatable bonds is 5. The number of carbonyl (C=O) groups is 2. The molecule has 19 heavy (non-hydrogen) atoms. The number of carbonyl (C=O) groups excluding carboxylic acids is 1. The molecule has 0 radical (unpaired) electrons. The maximum Gasteiger partial charge on any atom is 0.309 e. The molecule has 0 aliphatic heterocycles. The SMILES string of the molecule is CC(NC(=O)CC(C)(C)C(=O)O)c1cccc(F)c1. The third-order valence-electron chi connectivity index (χ3n) is 2.91. The zero-order chi connectivity index (χ0) is 14.6. The van der Waals surface area contributed by atoms with Crippen molar-refractivity contribution in [2.75, 3.05) is 0 Å². The van der Waals surface area contributed by atoms with Gasteiger partial charge in [-0.25, -0.2) is 4.39 Å². The molecule has 0 spiro atoms. The normalized spacial score (nSPS) is 12.8. The number of benzene rings is 1. The first-order chi connectivity index (χ1) is 8.72. The maximum atomic E-state index is 13.1. The number of hydrogen-bond acceptors (Lipinski definition) is 2. The Balaban J connectivity index is 2.65. The van der Waals surface area contributed by atoms with Gasteiger partial charge in [-0.3, -0.25) is 9.59 Å². The molecule has 1 unspecified atom stereocenters. The lowest BCUT2D eigenvalue weighted by atomic mass is 9.89. The fraction of sp³-hybridized carbons (Fsp3) is 0.429. The van der Waals surface area contributed by atoms with Crippen LogP contribution in [0, 0.1) is 11.2 Å². The molecule has 0 bridgehead atoms. The van der Waals surface area contributed by atoms with Gasteiger partial charge in [-0.2, -0.15) is 0 Å². The van der Waals surface area contributed by atoms with E-state index in [2.05, 4.69) is 5.32 Å². The summed E-state index contributed by atoms with van der Waals surface area (Å²) < 4.78 is 13.1. The van der Waals surface area contributed by atoms with E-state index in [-0.39, 0.29) is 24.2 Å². The second-order valence-electron chi connectivity index (χ2n) is 5.21. The molecule has 0 aromatic heterocycles. The van der Waals surface area contributed by atoms with Gasteiger partial charge in [-0.1, -0.05) is 12.1 Å². The molecule has 4 nitrogen and oxygen atoms in total. The van der Waals surface area contributed by atoms with E-state index < -0.39 is 11.4 Å². The highest BCUT2D eigenvalue weighted by atomic mass is 19.1. The molecule has 0 aliphatic carbocycles. The van der Waals surface area contributed by atoms with E-state index in [1.165, 1.54) is 26.0 Å². The summed E-state index contributed by atoms with van der Waals surface area (Å²) in [4.78, 5) is 22.7. The van der Waals surface area contributed by atoms with Crippen molar-refractivity contribution in [1.29, 1.82) is 0 Å². The smallest absolute Gasteiger partial charge is 0.309 e. The van der Waals surface area contributed by atoms with E-state index in [0.29, 0.717) is 5.56 Å². The van der Waals surface area contributed by atoms with Crippen LogP contribution < -0.4 is 5.32 Å². The number of nitrogens with one attached hydrogen (secondary N) is 1. The van der Waals surface area contributed by atoms with Gasteiger partial charge in [0.1, 0.15) is 5.82 Å². The minimum Gasteiger partial charge on any atom is -0.481 e. The van der Waals surface area contributed by atoms with Crippen LogP contribution in [0.4, 0.5) is 4.39 Å². The van der Waals surface area contributed by atoms with E-state index in [1.807, 2.05) is 0 Å². The predicted octanol–water partition coefficient (Wildman–Crippen LogP) is 2.50. The lowest BCUT2D eigenvalue weighted by molar-refractivity contribution is -0.149. The van der Waals surface area contributed by atoms with Crippen molar-refractivity contribution in [2.45, 2.75) is 33.2 Å². The maximum absolute atomic E-state index is 13.1. The lowest BCUT2D eigenvalue weighted by Crippen LogP contribution is -2.34. The largest absolute Gasteiger partial charge is 0.481 e. The first-order valence-corrected chi connectivity index (χ1v) is 6.00. The third kappa shape index (κ3) is 4.35. The molecule has 0 saturated carbocycles. The van der Waals surface area contributed by atoms with Crippen LogP contribution in [-0.4, -0.2) is 17.0 Å². The molecule has 104 valence electrons. The molecule has 0 saturated heterocycles. The summed E-state index contributed by atoms with van der Waals surface area (Å²) in [6, 6.07) is 5.57. The minimum atomic E-state index is -1.12. The number of aliphatic carboxylic acids is 1. The van der Waals surface area contributed by atoms with E-state index in [1.54, 1.807) is 19.1 Å². The topological polar surface area (TPSA) is 66.4 Å². The van der Waals surface area contributed by atoms with E-state index in [4.69, 9.17) is 5.11 Å². The molecule has 1 aromatic rings. The van der Waals surface area contributed by atoms with Crippen molar-refractivity contribution in [3.8, 4) is 0 Å². The Hall–Kier alpha value is -1.91. The van der Waals surface area contributed by atoms with E-state index >= 15 is 0 Å². The Bertz CT molecular complexity index is 485. The lowest BCUT2D eigenvalue weighted by Gasteiger charge is -2.20. The van der Waals surface area contributed by atoms with Gasteiger partial charge in [-0.15, -0.1) is 0 Å². The molecule has 1 aromatic carbocycles. The highest BCUT2D eigenvalue weighted by molar-refractivity contribution is 5.84. The van der Waals surface area contributed by atoms with Crippen LogP contribution in [0.2, 0.25) is 0 Å². The summed E-state index contributed by atoms with van der Waals surface area (Å²) in [6.45, 7) is 4.70. The van der Waals surface area contributed by atoms with Gasteiger partial charge in [0.15, 0.2) is 0 Å². The number of carboxylic acids is 1. The van der Waals surface area contributed by atoms with Crippen molar-refractivity contribution in [1.82, 2.24) is 5.32 Å². The molecule has 1 atom stereocenters. The van der Waals surface area contributed by atoms with Crippen molar-refractivity contribution >= 4 is 11.9 Å². The standard InChI is InChI=1S/C14H18FNO3/c1-9(10-5-4-6-11(15)7-10)16-12(17)8-14(2,3)13(18)19/h4-7,9H,8H2,1-3H3,(H,16,17)(H,18,19). The van der Waals surface area contributed by atoms with Crippen LogP contribution >= 0.6 is 0 Å². The van der Waals surface area contributed by atoms with E-state index in [9.17, 15) is 14.0 Å². The Morgan fingerprint density at radius 1 is 1.42 bits per heavy atom. The van der Waals surface area contributed by atoms with Crippen LogP contribution in [-0.2, 0) is 9.59 Å². The Morgan fingerprint density at radius 2 is 2.05 bits per heavy atom. The van der Waals surface area contributed by atoms with Crippen molar-refractivity contribution in [3.05, 3.63) is 35.6 Å². The molecule has 5 heteroatoms. The van der Waals surface area contributed by atoms with Crippen LogP contribution in [0.3, 0.4) is 0 Å². The molecule has 0 heterocycles. The first-order valence-electron chi connectivity index (χ1n) is 6.00. The molecule has 1 rings (SSSR count). The molecule has 2 N–H and O–H groups in total. The second kappa shape index (κ2) is 5.82. The predicted molar refractivity (Wildman–Crippen MR) is 69.0 cm³/mol. The quantitative estimate of drug-likeness (QED) is 0.861. The van der Waals surface area contributed by atoms with Crippen LogP contribution in [0.25, 0.3) is 0 Å². The zero-order valence-corrected chi connectivity index (χ0v) is 11.2. The average Bonchev–Trinajstić information content (AvgIpc) is 2.27. The summed E-state index contributed by atoms with van der Waals surface area (Å²) in [7, 11) is 0. The Morgan fingerprint density at radius 3 is 2.58 bits per heavy atom. The highest BCUT2D eigenvalue weighted by Crippen LogP contribution is 2.21. The van der Waals surface area contributed by atoms with Gasteiger partial charge in [0.05, 0.1) is 11.5 Å². The number of hydrogen-bond donors (Lipinski definition) is 2. The number of amides is 1. The second-order valence-corrected chi connectivity index (χ2v) is 5.21. The summed E-state index contributed by atoms with van der Waals surface area (Å²) in [5, 5.41) is 11.6.